The lowest BCUT2D eigenvalue weighted by Crippen LogP contribution is -2.38. The first kappa shape index (κ1) is 24.8. The van der Waals surface area contributed by atoms with Gasteiger partial charge in [-0.1, -0.05) is 11.8 Å². The molecule has 5 unspecified atom stereocenters. The number of carbonyl (C=O) groups excluding carboxylic acids is 1. The number of hydrogen-bond donors (Lipinski definition) is 7. The molecule has 5 atom stereocenters. The van der Waals surface area contributed by atoms with Crippen LogP contribution < -0.4 is 22.1 Å². The molecule has 1 aromatic heterocycles. The van der Waals surface area contributed by atoms with Gasteiger partial charge in [-0.05, 0) is 0 Å². The number of aromatic nitrogens is 1. The van der Waals surface area contributed by atoms with Crippen LogP contribution in [0.4, 0.5) is 19.0 Å². The maximum atomic E-state index is 12.1. The third-order valence-corrected chi connectivity index (χ3v) is 4.87. The van der Waals surface area contributed by atoms with Crippen LogP contribution in [0.2, 0.25) is 0 Å². The van der Waals surface area contributed by atoms with Crippen molar-refractivity contribution in [3.8, 4) is 11.8 Å². The highest BCUT2D eigenvalue weighted by molar-refractivity contribution is 5.94. The highest BCUT2D eigenvalue weighted by atomic mass is 19.4. The van der Waals surface area contributed by atoms with Gasteiger partial charge in [0, 0.05) is 18.3 Å². The molecule has 0 aromatic carbocycles. The molecule has 3 heterocycles. The molecule has 15 heteroatoms. The molecule has 33 heavy (non-hydrogen) atoms. The van der Waals surface area contributed by atoms with E-state index in [0.29, 0.717) is 16.9 Å². The molecule has 1 saturated heterocycles. The number of amides is 1. The summed E-state index contributed by atoms with van der Waals surface area (Å²) < 4.78 is 48.4. The van der Waals surface area contributed by atoms with Gasteiger partial charge >= 0.3 is 12.1 Å². The van der Waals surface area contributed by atoms with Crippen molar-refractivity contribution in [1.82, 2.24) is 9.88 Å². The van der Waals surface area contributed by atoms with Crippen LogP contribution in [0.25, 0.3) is 0 Å². The lowest BCUT2D eigenvalue weighted by atomic mass is 10.1. The highest BCUT2D eigenvalue weighted by Crippen LogP contribution is 2.38. The average molecular weight is 476 g/mol. The SMILES string of the molecule is NC1=NC(N)c2c(C#CCOCCNC(=O)C(F)(F)F)cn(C3OC(CO)C(O)C3O)c2N1. The molecular weight excluding hydrogens is 453 g/mol. The van der Waals surface area contributed by atoms with E-state index in [-0.39, 0.29) is 25.7 Å². The molecule has 1 fully saturated rings. The Kier molecular flexibility index (Phi) is 7.47. The monoisotopic (exact) mass is 476 g/mol. The summed E-state index contributed by atoms with van der Waals surface area (Å²) in [7, 11) is 0. The standard InChI is InChI=1S/C18H23F3N6O6/c19-18(20,21)16(31)24-3-5-32-4-1-2-8-6-27(14-10(8)13(22)25-17(23)26-14)15-12(30)11(29)9(7-28)33-15/h6,9,11-13,15,28-30H,3-5,7,22H2,(H,24,31)(H3,23,25,26). The first-order valence-corrected chi connectivity index (χ1v) is 9.69. The number of nitrogens with one attached hydrogen (secondary N) is 2. The molecule has 2 aliphatic heterocycles. The Bertz CT molecular complexity index is 971. The Morgan fingerprint density at radius 3 is 2.76 bits per heavy atom. The van der Waals surface area contributed by atoms with Crippen LogP contribution in [0.1, 0.15) is 23.5 Å². The number of carbonyl (C=O) groups is 1. The lowest BCUT2D eigenvalue weighted by molar-refractivity contribution is -0.173. The van der Waals surface area contributed by atoms with E-state index >= 15 is 0 Å². The predicted molar refractivity (Wildman–Crippen MR) is 106 cm³/mol. The van der Waals surface area contributed by atoms with E-state index in [4.69, 9.17) is 20.9 Å². The Morgan fingerprint density at radius 2 is 2.12 bits per heavy atom. The van der Waals surface area contributed by atoms with E-state index < -0.39 is 49.4 Å². The number of nitrogens with zero attached hydrogens (tertiary/aromatic N) is 2. The number of ether oxygens (including phenoxy) is 2. The predicted octanol–water partition coefficient (Wildman–Crippen LogP) is -2.16. The number of rotatable bonds is 6. The van der Waals surface area contributed by atoms with Gasteiger partial charge in [-0.2, -0.15) is 13.2 Å². The fraction of sp³-hybridized carbons (Fsp3) is 0.556. The summed E-state index contributed by atoms with van der Waals surface area (Å²) in [5.74, 6) is 3.73. The van der Waals surface area contributed by atoms with Crippen molar-refractivity contribution in [2.24, 2.45) is 16.5 Å². The van der Waals surface area contributed by atoms with Crippen LogP contribution in [0, 0.1) is 11.8 Å². The summed E-state index contributed by atoms with van der Waals surface area (Å²) >= 11 is 0. The van der Waals surface area contributed by atoms with Gasteiger partial charge in [-0.15, -0.1) is 0 Å². The molecule has 0 bridgehead atoms. The summed E-state index contributed by atoms with van der Waals surface area (Å²) in [6.07, 6.45) is -9.16. The quantitative estimate of drug-likeness (QED) is 0.177. The zero-order chi connectivity index (χ0) is 24.3. The van der Waals surface area contributed by atoms with Gasteiger partial charge < -0.3 is 51.5 Å². The second kappa shape index (κ2) is 9.95. The van der Waals surface area contributed by atoms with Crippen molar-refractivity contribution < 1.29 is 42.8 Å². The molecule has 0 saturated carbocycles. The Labute approximate surface area is 185 Å². The molecule has 9 N–H and O–H groups in total. The largest absolute Gasteiger partial charge is 0.471 e. The molecule has 1 amide bonds. The number of alkyl halides is 3. The van der Waals surface area contributed by atoms with Crippen molar-refractivity contribution in [1.29, 1.82) is 0 Å². The van der Waals surface area contributed by atoms with E-state index in [1.807, 2.05) is 0 Å². The number of aliphatic hydroxyl groups excluding tert-OH is 3. The second-order valence-corrected chi connectivity index (χ2v) is 7.13. The number of aliphatic hydroxyl groups is 3. The first-order valence-electron chi connectivity index (χ1n) is 9.69. The number of halogens is 3. The van der Waals surface area contributed by atoms with Gasteiger partial charge in [0.15, 0.2) is 12.2 Å². The third-order valence-electron chi connectivity index (χ3n) is 4.87. The summed E-state index contributed by atoms with van der Waals surface area (Å²) in [5, 5.41) is 34.2. The molecule has 0 spiro atoms. The molecule has 182 valence electrons. The molecule has 0 radical (unpaired) electrons. The Balaban J connectivity index is 1.70. The minimum atomic E-state index is -4.96. The molecular formula is C18H23F3N6O6. The van der Waals surface area contributed by atoms with Gasteiger partial charge in [0.2, 0.25) is 0 Å². The molecule has 0 aliphatic carbocycles. The second-order valence-electron chi connectivity index (χ2n) is 7.13. The Morgan fingerprint density at radius 1 is 1.39 bits per heavy atom. The minimum Gasteiger partial charge on any atom is -0.394 e. The number of anilines is 1. The number of guanidine groups is 1. The third kappa shape index (κ3) is 5.38. The summed E-state index contributed by atoms with van der Waals surface area (Å²) in [5.41, 5.74) is 12.6. The zero-order valence-electron chi connectivity index (χ0n) is 17.0. The molecule has 3 rings (SSSR count). The van der Waals surface area contributed by atoms with Crippen LogP contribution in [0.15, 0.2) is 11.2 Å². The molecule has 2 aliphatic rings. The van der Waals surface area contributed by atoms with E-state index in [1.165, 1.54) is 10.8 Å². The molecule has 12 nitrogen and oxygen atoms in total. The lowest BCUT2D eigenvalue weighted by Gasteiger charge is -2.24. The number of aliphatic imine (C=N–C) groups is 1. The van der Waals surface area contributed by atoms with Crippen LogP contribution in [-0.4, -0.2) is 82.6 Å². The Hall–Kier alpha value is -2.87. The van der Waals surface area contributed by atoms with E-state index in [2.05, 4.69) is 22.2 Å². The fourth-order valence-electron chi connectivity index (χ4n) is 3.34. The van der Waals surface area contributed by atoms with Crippen LogP contribution in [-0.2, 0) is 14.3 Å². The summed E-state index contributed by atoms with van der Waals surface area (Å²) in [6, 6.07) is 0. The average Bonchev–Trinajstić information content (AvgIpc) is 3.23. The van der Waals surface area contributed by atoms with Gasteiger partial charge in [0.05, 0.1) is 18.8 Å². The van der Waals surface area contributed by atoms with Crippen molar-refractivity contribution in [2.45, 2.75) is 36.9 Å². The van der Waals surface area contributed by atoms with Crippen molar-refractivity contribution in [3.63, 3.8) is 0 Å². The van der Waals surface area contributed by atoms with Crippen molar-refractivity contribution >= 4 is 17.7 Å². The smallest absolute Gasteiger partial charge is 0.394 e. The van der Waals surface area contributed by atoms with Gasteiger partial charge in [0.1, 0.15) is 36.9 Å². The number of hydrogen-bond acceptors (Lipinski definition) is 10. The zero-order valence-corrected chi connectivity index (χ0v) is 17.0. The summed E-state index contributed by atoms with van der Waals surface area (Å²) in [6.45, 7) is -1.22. The van der Waals surface area contributed by atoms with E-state index in [1.54, 1.807) is 5.32 Å². The van der Waals surface area contributed by atoms with Crippen LogP contribution in [0.3, 0.4) is 0 Å². The van der Waals surface area contributed by atoms with Crippen LogP contribution in [0.5, 0.6) is 0 Å². The molecule has 1 aromatic rings. The summed E-state index contributed by atoms with van der Waals surface area (Å²) in [4.78, 5) is 14.7. The van der Waals surface area contributed by atoms with E-state index in [0.717, 1.165) is 0 Å². The van der Waals surface area contributed by atoms with Gasteiger partial charge in [-0.25, -0.2) is 4.99 Å². The number of fused-ring (bicyclic) bond motifs is 1. The first-order chi connectivity index (χ1) is 15.5. The van der Waals surface area contributed by atoms with Gasteiger partial charge in [0.25, 0.3) is 0 Å². The van der Waals surface area contributed by atoms with Crippen LogP contribution >= 0.6 is 0 Å². The maximum Gasteiger partial charge on any atom is 0.471 e. The highest BCUT2D eigenvalue weighted by Gasteiger charge is 2.45. The van der Waals surface area contributed by atoms with Crippen molar-refractivity contribution in [2.75, 3.05) is 31.7 Å². The maximum absolute atomic E-state index is 12.1. The normalized spacial score (nSPS) is 26.6. The van der Waals surface area contributed by atoms with Crippen molar-refractivity contribution in [3.05, 3.63) is 17.3 Å². The minimum absolute atomic E-state index is 0.00448. The van der Waals surface area contributed by atoms with E-state index in [9.17, 15) is 33.3 Å². The number of nitrogens with two attached hydrogens (primary N) is 2. The topological polar surface area (TPSA) is 190 Å². The fourth-order valence-corrected chi connectivity index (χ4v) is 3.34. The van der Waals surface area contributed by atoms with Gasteiger partial charge in [-0.3, -0.25) is 4.79 Å².